The number of rotatable bonds is 5. The molecule has 0 atom stereocenters. The van der Waals surface area contributed by atoms with Gasteiger partial charge < -0.3 is 0 Å². The van der Waals surface area contributed by atoms with Crippen LogP contribution in [0.25, 0.3) is 46.5 Å². The Bertz CT molecular complexity index is 1350. The molecule has 0 amide bonds. The van der Waals surface area contributed by atoms with Crippen LogP contribution in [0.15, 0.2) is 109 Å². The van der Waals surface area contributed by atoms with Crippen LogP contribution in [-0.2, 0) is 0 Å². The predicted octanol–water partition coefficient (Wildman–Crippen LogP) is 7.50. The third kappa shape index (κ3) is 4.24. The number of benzene rings is 4. The summed E-state index contributed by atoms with van der Waals surface area (Å²) in [6, 6.07) is 37.6. The van der Waals surface area contributed by atoms with Crippen LogP contribution in [0, 0.1) is 0 Å². The summed E-state index contributed by atoms with van der Waals surface area (Å²) in [7, 11) is 0. The van der Waals surface area contributed by atoms with E-state index in [9.17, 15) is 0 Å². The molecule has 31 heavy (non-hydrogen) atoms. The van der Waals surface area contributed by atoms with Crippen LogP contribution < -0.4 is 0 Å². The molecule has 0 fully saturated rings. The summed E-state index contributed by atoms with van der Waals surface area (Å²) >= 11 is 0. The SMILES string of the molecule is C(=Cc1nn(C=Cc2ccccc2)c2ccc(-c3ccccc3)cc12)c1ccccc1. The largest absolute Gasteiger partial charge is 0.240 e. The topological polar surface area (TPSA) is 17.8 Å². The second kappa shape index (κ2) is 8.68. The van der Waals surface area contributed by atoms with Crippen LogP contribution in [0.3, 0.4) is 0 Å². The second-order valence-electron chi connectivity index (χ2n) is 7.40. The Morgan fingerprint density at radius 2 is 1.16 bits per heavy atom. The fourth-order valence-corrected chi connectivity index (χ4v) is 3.67. The summed E-state index contributed by atoms with van der Waals surface area (Å²) in [5.74, 6) is 0. The van der Waals surface area contributed by atoms with Gasteiger partial charge in [-0.1, -0.05) is 103 Å². The maximum Gasteiger partial charge on any atom is 0.0934 e. The van der Waals surface area contributed by atoms with E-state index >= 15 is 0 Å². The molecule has 0 saturated carbocycles. The van der Waals surface area contributed by atoms with Gasteiger partial charge in [0, 0.05) is 11.6 Å². The minimum atomic E-state index is 0.953. The summed E-state index contributed by atoms with van der Waals surface area (Å²) in [6.07, 6.45) is 8.32. The molecule has 148 valence electrons. The molecule has 0 aliphatic carbocycles. The summed E-state index contributed by atoms with van der Waals surface area (Å²) in [4.78, 5) is 0. The van der Waals surface area contributed by atoms with Gasteiger partial charge in [0.2, 0.25) is 0 Å². The summed E-state index contributed by atoms with van der Waals surface area (Å²) in [6.45, 7) is 0. The Kier molecular flexibility index (Phi) is 5.27. The van der Waals surface area contributed by atoms with Crippen molar-refractivity contribution in [1.82, 2.24) is 9.78 Å². The molecule has 0 N–H and O–H groups in total. The zero-order valence-corrected chi connectivity index (χ0v) is 17.1. The second-order valence-corrected chi connectivity index (χ2v) is 7.40. The molecule has 1 aromatic heterocycles. The predicted molar refractivity (Wildman–Crippen MR) is 132 cm³/mol. The van der Waals surface area contributed by atoms with Gasteiger partial charge in [0.15, 0.2) is 0 Å². The normalized spacial score (nSPS) is 11.6. The molecule has 1 heterocycles. The van der Waals surface area contributed by atoms with Gasteiger partial charge >= 0.3 is 0 Å². The Balaban J connectivity index is 1.60. The highest BCUT2D eigenvalue weighted by atomic mass is 15.3. The van der Waals surface area contributed by atoms with Crippen molar-refractivity contribution in [3.63, 3.8) is 0 Å². The molecule has 5 aromatic rings. The van der Waals surface area contributed by atoms with Crippen LogP contribution in [0.5, 0.6) is 0 Å². The first-order chi connectivity index (χ1) is 15.4. The molecule has 2 nitrogen and oxygen atoms in total. The summed E-state index contributed by atoms with van der Waals surface area (Å²) in [5, 5.41) is 6.03. The van der Waals surface area contributed by atoms with Crippen LogP contribution in [0.1, 0.15) is 16.8 Å². The molecule has 0 spiro atoms. The van der Waals surface area contributed by atoms with Crippen molar-refractivity contribution in [2.24, 2.45) is 0 Å². The quantitative estimate of drug-likeness (QED) is 0.300. The van der Waals surface area contributed by atoms with Crippen molar-refractivity contribution in [3.05, 3.63) is 126 Å². The lowest BCUT2D eigenvalue weighted by atomic mass is 10.0. The lowest BCUT2D eigenvalue weighted by molar-refractivity contribution is 0.962. The highest BCUT2D eigenvalue weighted by Crippen LogP contribution is 2.28. The molecule has 4 aromatic carbocycles. The van der Waals surface area contributed by atoms with Crippen molar-refractivity contribution in [1.29, 1.82) is 0 Å². The van der Waals surface area contributed by atoms with E-state index in [2.05, 4.69) is 85.0 Å². The van der Waals surface area contributed by atoms with E-state index in [4.69, 9.17) is 5.10 Å². The fraction of sp³-hybridized carbons (Fsp3) is 0. The van der Waals surface area contributed by atoms with Gasteiger partial charge in [0.25, 0.3) is 0 Å². The Morgan fingerprint density at radius 1 is 0.548 bits per heavy atom. The van der Waals surface area contributed by atoms with Crippen molar-refractivity contribution >= 4 is 35.3 Å². The van der Waals surface area contributed by atoms with Crippen LogP contribution in [0.4, 0.5) is 0 Å². The molecule has 0 saturated heterocycles. The van der Waals surface area contributed by atoms with Gasteiger partial charge in [-0.3, -0.25) is 0 Å². The van der Waals surface area contributed by atoms with Gasteiger partial charge in [-0.05, 0) is 46.5 Å². The van der Waals surface area contributed by atoms with E-state index < -0.39 is 0 Å². The van der Waals surface area contributed by atoms with Crippen molar-refractivity contribution < 1.29 is 0 Å². The first-order valence-corrected chi connectivity index (χ1v) is 10.4. The number of nitrogens with zero attached hydrogens (tertiary/aromatic N) is 2. The molecule has 0 radical (unpaired) electrons. The molecule has 0 bridgehead atoms. The van der Waals surface area contributed by atoms with Crippen molar-refractivity contribution in [2.75, 3.05) is 0 Å². The zero-order valence-electron chi connectivity index (χ0n) is 17.1. The molecule has 0 aliphatic rings. The Morgan fingerprint density at radius 3 is 1.84 bits per heavy atom. The van der Waals surface area contributed by atoms with Crippen LogP contribution in [0.2, 0.25) is 0 Å². The molecule has 0 unspecified atom stereocenters. The van der Waals surface area contributed by atoms with Crippen LogP contribution >= 0.6 is 0 Å². The van der Waals surface area contributed by atoms with E-state index in [1.54, 1.807) is 0 Å². The molecular formula is C29H22N2. The van der Waals surface area contributed by atoms with E-state index in [-0.39, 0.29) is 0 Å². The molecular weight excluding hydrogens is 376 g/mol. The van der Waals surface area contributed by atoms with Crippen molar-refractivity contribution in [2.45, 2.75) is 0 Å². The van der Waals surface area contributed by atoms with E-state index in [0.717, 1.165) is 27.7 Å². The molecule has 0 aliphatic heterocycles. The first-order valence-electron chi connectivity index (χ1n) is 10.4. The zero-order chi connectivity index (χ0) is 20.9. The maximum atomic E-state index is 4.90. The maximum absolute atomic E-state index is 4.90. The van der Waals surface area contributed by atoms with Gasteiger partial charge in [-0.25, -0.2) is 4.68 Å². The van der Waals surface area contributed by atoms with Gasteiger partial charge in [0.05, 0.1) is 11.2 Å². The van der Waals surface area contributed by atoms with E-state index in [1.807, 2.05) is 53.3 Å². The third-order valence-electron chi connectivity index (χ3n) is 5.28. The monoisotopic (exact) mass is 398 g/mol. The lowest BCUT2D eigenvalue weighted by Crippen LogP contribution is -1.88. The number of hydrogen-bond donors (Lipinski definition) is 0. The number of hydrogen-bond acceptors (Lipinski definition) is 1. The number of aromatic nitrogens is 2. The fourth-order valence-electron chi connectivity index (χ4n) is 3.67. The highest BCUT2D eigenvalue weighted by Gasteiger charge is 2.09. The molecule has 2 heteroatoms. The van der Waals surface area contributed by atoms with Crippen LogP contribution in [-0.4, -0.2) is 9.78 Å². The molecule has 5 rings (SSSR count). The Hall–Kier alpha value is -4.17. The van der Waals surface area contributed by atoms with Gasteiger partial charge in [0.1, 0.15) is 0 Å². The van der Waals surface area contributed by atoms with Gasteiger partial charge in [-0.2, -0.15) is 5.10 Å². The smallest absolute Gasteiger partial charge is 0.0934 e. The first kappa shape index (κ1) is 18.8. The highest BCUT2D eigenvalue weighted by molar-refractivity contribution is 5.94. The summed E-state index contributed by atoms with van der Waals surface area (Å²) < 4.78 is 1.96. The summed E-state index contributed by atoms with van der Waals surface area (Å²) in [5.41, 5.74) is 6.73. The van der Waals surface area contributed by atoms with E-state index in [1.165, 1.54) is 11.1 Å². The number of fused-ring (bicyclic) bond motifs is 1. The van der Waals surface area contributed by atoms with E-state index in [0.29, 0.717) is 0 Å². The average Bonchev–Trinajstić information content (AvgIpc) is 3.20. The van der Waals surface area contributed by atoms with Crippen molar-refractivity contribution in [3.8, 4) is 11.1 Å². The lowest BCUT2D eigenvalue weighted by Gasteiger charge is -2.02. The average molecular weight is 399 g/mol. The third-order valence-corrected chi connectivity index (χ3v) is 5.28. The minimum absolute atomic E-state index is 0.953. The minimum Gasteiger partial charge on any atom is -0.240 e. The Labute approximate surface area is 182 Å². The van der Waals surface area contributed by atoms with Gasteiger partial charge in [-0.15, -0.1) is 0 Å². The standard InChI is InChI=1S/C29H22N2/c1-4-10-23(11-5-1)16-18-28-27-22-26(25-14-8-3-9-15-25)17-19-29(27)31(30-28)21-20-24-12-6-2-7-13-24/h1-22H.